The topological polar surface area (TPSA) is 18.5 Å². The van der Waals surface area contributed by atoms with E-state index < -0.39 is 0 Å². The summed E-state index contributed by atoms with van der Waals surface area (Å²) in [6.07, 6.45) is 4.74. The molecular weight excluding hydrogens is 212 g/mol. The fourth-order valence-corrected chi connectivity index (χ4v) is 1.52. The lowest BCUT2D eigenvalue weighted by molar-refractivity contribution is 0.300. The molecule has 0 saturated carbocycles. The Kier molecular flexibility index (Phi) is 6.23. The molecule has 0 heterocycles. The third-order valence-corrected chi connectivity index (χ3v) is 2.34. The van der Waals surface area contributed by atoms with Gasteiger partial charge in [0.2, 0.25) is 0 Å². The Morgan fingerprint density at radius 3 is 2.47 bits per heavy atom. The minimum absolute atomic E-state index is 0.737. The van der Waals surface area contributed by atoms with E-state index in [0.29, 0.717) is 0 Å². The van der Waals surface area contributed by atoms with Crippen molar-refractivity contribution in [2.45, 2.75) is 33.1 Å². The van der Waals surface area contributed by atoms with Crippen LogP contribution in [-0.4, -0.2) is 13.2 Å². The van der Waals surface area contributed by atoms with Crippen LogP contribution < -0.4 is 9.47 Å². The van der Waals surface area contributed by atoms with Crippen LogP contribution in [0.4, 0.5) is 0 Å². The fourth-order valence-electron chi connectivity index (χ4n) is 1.52. The van der Waals surface area contributed by atoms with Crippen LogP contribution in [0.25, 0.3) is 0 Å². The van der Waals surface area contributed by atoms with Crippen LogP contribution in [0.3, 0.4) is 0 Å². The van der Waals surface area contributed by atoms with Crippen LogP contribution in [-0.2, 0) is 6.42 Å². The van der Waals surface area contributed by atoms with E-state index in [1.807, 2.05) is 18.2 Å². The molecule has 0 radical (unpaired) electrons. The molecule has 2 nitrogen and oxygen atoms in total. The molecule has 0 aliphatic carbocycles. The number of ether oxygens (including phenoxy) is 2. The number of hydrogen-bond donors (Lipinski definition) is 0. The summed E-state index contributed by atoms with van der Waals surface area (Å²) in [5, 5.41) is 0. The molecular formula is C15H22O2. The largest absolute Gasteiger partial charge is 0.493 e. The van der Waals surface area contributed by atoms with Crippen molar-refractivity contribution in [3.8, 4) is 11.5 Å². The van der Waals surface area contributed by atoms with E-state index in [1.54, 1.807) is 0 Å². The van der Waals surface area contributed by atoms with Gasteiger partial charge in [0.05, 0.1) is 13.2 Å². The molecule has 0 unspecified atom stereocenters. The Morgan fingerprint density at radius 1 is 1.12 bits per heavy atom. The van der Waals surface area contributed by atoms with Gasteiger partial charge in [-0.1, -0.05) is 26.0 Å². The van der Waals surface area contributed by atoms with Crippen LogP contribution in [0.5, 0.6) is 11.5 Å². The Hall–Kier alpha value is -1.44. The van der Waals surface area contributed by atoms with Crippen molar-refractivity contribution in [2.24, 2.45) is 0 Å². The van der Waals surface area contributed by atoms with Crippen LogP contribution in [0, 0.1) is 0 Å². The molecule has 0 aliphatic heterocycles. The van der Waals surface area contributed by atoms with Gasteiger partial charge in [-0.2, -0.15) is 0 Å². The number of rotatable bonds is 8. The Morgan fingerprint density at radius 2 is 1.82 bits per heavy atom. The van der Waals surface area contributed by atoms with Gasteiger partial charge >= 0.3 is 0 Å². The van der Waals surface area contributed by atoms with Crippen molar-refractivity contribution >= 4 is 0 Å². The number of allylic oxidation sites excluding steroid dienone is 1. The van der Waals surface area contributed by atoms with Gasteiger partial charge in [0.25, 0.3) is 0 Å². The highest BCUT2D eigenvalue weighted by Gasteiger charge is 2.04. The lowest BCUT2D eigenvalue weighted by Crippen LogP contribution is -2.00. The second-order valence-electron chi connectivity index (χ2n) is 3.96. The zero-order chi connectivity index (χ0) is 12.5. The van der Waals surface area contributed by atoms with Gasteiger partial charge in [0.15, 0.2) is 0 Å². The van der Waals surface area contributed by atoms with Gasteiger partial charge in [0, 0.05) is 6.07 Å². The van der Waals surface area contributed by atoms with Crippen molar-refractivity contribution < 1.29 is 9.47 Å². The first-order valence-electron chi connectivity index (χ1n) is 6.31. The van der Waals surface area contributed by atoms with Crippen LogP contribution in [0.15, 0.2) is 30.9 Å². The molecule has 1 rings (SSSR count). The van der Waals surface area contributed by atoms with E-state index in [2.05, 4.69) is 26.5 Å². The van der Waals surface area contributed by atoms with Gasteiger partial charge in [0.1, 0.15) is 11.5 Å². The summed E-state index contributed by atoms with van der Waals surface area (Å²) >= 11 is 0. The zero-order valence-corrected chi connectivity index (χ0v) is 10.9. The molecule has 0 bridgehead atoms. The summed E-state index contributed by atoms with van der Waals surface area (Å²) in [6.45, 7) is 9.44. The molecule has 2 heteroatoms. The van der Waals surface area contributed by atoms with Crippen LogP contribution >= 0.6 is 0 Å². The molecule has 94 valence electrons. The maximum absolute atomic E-state index is 5.73. The molecule has 0 fully saturated rings. The second-order valence-corrected chi connectivity index (χ2v) is 3.96. The van der Waals surface area contributed by atoms with Crippen molar-refractivity contribution in [2.75, 3.05) is 13.2 Å². The highest BCUT2D eigenvalue weighted by atomic mass is 16.5. The van der Waals surface area contributed by atoms with E-state index >= 15 is 0 Å². The first-order valence-corrected chi connectivity index (χ1v) is 6.31. The smallest absolute Gasteiger partial charge is 0.126 e. The summed E-state index contributed by atoms with van der Waals surface area (Å²) < 4.78 is 11.3. The van der Waals surface area contributed by atoms with Gasteiger partial charge in [-0.3, -0.25) is 0 Å². The van der Waals surface area contributed by atoms with E-state index in [9.17, 15) is 0 Å². The first-order chi connectivity index (χ1) is 8.31. The number of hydrogen-bond acceptors (Lipinski definition) is 2. The van der Waals surface area contributed by atoms with E-state index in [0.717, 1.165) is 49.5 Å². The molecule has 1 aromatic carbocycles. The lowest BCUT2D eigenvalue weighted by atomic mass is 10.1. The van der Waals surface area contributed by atoms with E-state index in [4.69, 9.17) is 9.47 Å². The predicted octanol–water partition coefficient (Wildman–Crippen LogP) is 3.99. The van der Waals surface area contributed by atoms with Crippen molar-refractivity contribution in [1.82, 2.24) is 0 Å². The summed E-state index contributed by atoms with van der Waals surface area (Å²) in [5.41, 5.74) is 1.16. The minimum Gasteiger partial charge on any atom is -0.493 e. The molecule has 0 atom stereocenters. The maximum Gasteiger partial charge on any atom is 0.126 e. The van der Waals surface area contributed by atoms with Gasteiger partial charge < -0.3 is 9.47 Å². The molecule has 17 heavy (non-hydrogen) atoms. The van der Waals surface area contributed by atoms with E-state index in [1.165, 1.54) is 0 Å². The van der Waals surface area contributed by atoms with E-state index in [-0.39, 0.29) is 0 Å². The van der Waals surface area contributed by atoms with Crippen molar-refractivity contribution in [1.29, 1.82) is 0 Å². The van der Waals surface area contributed by atoms with Crippen molar-refractivity contribution in [3.05, 3.63) is 36.4 Å². The maximum atomic E-state index is 5.73. The van der Waals surface area contributed by atoms with Gasteiger partial charge in [-0.25, -0.2) is 0 Å². The molecule has 0 N–H and O–H groups in total. The Bertz CT molecular complexity index is 345. The zero-order valence-electron chi connectivity index (χ0n) is 10.9. The summed E-state index contributed by atoms with van der Waals surface area (Å²) in [5.74, 6) is 1.80. The second kappa shape index (κ2) is 7.77. The SMILES string of the molecule is C=CCc1ccc(OCCC)cc1OCCC. The predicted molar refractivity (Wildman–Crippen MR) is 71.9 cm³/mol. The third kappa shape index (κ3) is 4.51. The molecule has 0 spiro atoms. The average Bonchev–Trinajstić information content (AvgIpc) is 2.36. The lowest BCUT2D eigenvalue weighted by Gasteiger charge is -2.12. The molecule has 1 aromatic rings. The summed E-state index contributed by atoms with van der Waals surface area (Å²) in [7, 11) is 0. The molecule has 0 aliphatic rings. The Labute approximate surface area is 104 Å². The highest BCUT2D eigenvalue weighted by molar-refractivity contribution is 5.41. The molecule has 0 saturated heterocycles. The summed E-state index contributed by atoms with van der Waals surface area (Å²) in [6, 6.07) is 6.02. The third-order valence-electron chi connectivity index (χ3n) is 2.34. The summed E-state index contributed by atoms with van der Waals surface area (Å²) in [4.78, 5) is 0. The molecule has 0 aromatic heterocycles. The van der Waals surface area contributed by atoms with Gasteiger partial charge in [-0.15, -0.1) is 6.58 Å². The normalized spacial score (nSPS) is 10.0. The molecule has 0 amide bonds. The minimum atomic E-state index is 0.737. The Balaban J connectivity index is 2.80. The average molecular weight is 234 g/mol. The van der Waals surface area contributed by atoms with Gasteiger partial charge in [-0.05, 0) is 30.9 Å². The van der Waals surface area contributed by atoms with Crippen LogP contribution in [0.1, 0.15) is 32.3 Å². The number of benzene rings is 1. The first kappa shape index (κ1) is 13.6. The highest BCUT2D eigenvalue weighted by Crippen LogP contribution is 2.26. The fraction of sp³-hybridized carbons (Fsp3) is 0.467. The van der Waals surface area contributed by atoms with Crippen LogP contribution in [0.2, 0.25) is 0 Å². The van der Waals surface area contributed by atoms with Crippen molar-refractivity contribution in [3.63, 3.8) is 0 Å². The standard InChI is InChI=1S/C15H22O2/c1-4-7-13-8-9-14(16-10-5-2)12-15(13)17-11-6-3/h4,8-9,12H,1,5-7,10-11H2,2-3H3. The quantitative estimate of drug-likeness (QED) is 0.633. The monoisotopic (exact) mass is 234 g/mol.